The first-order chi connectivity index (χ1) is 13.1. The van der Waals surface area contributed by atoms with Crippen LogP contribution in [0.25, 0.3) is 0 Å². The number of benzene rings is 1. The van der Waals surface area contributed by atoms with Crippen LogP contribution >= 0.6 is 11.8 Å². The Hall–Kier alpha value is -2.15. The molecule has 0 aromatic heterocycles. The standard InChI is InChI=1S/C20H26N4O2S/c1-2-14-9-11-15(12-10-14)21-18(25)13-17-19(26)22-20(27-17)24-23-16-7-5-3-4-6-8-16/h9-12,17H,2-8,13H2,1H3,(H,21,25)(H,22,24,26). The molecule has 1 heterocycles. The molecule has 144 valence electrons. The van der Waals surface area contributed by atoms with Gasteiger partial charge in [-0.25, -0.2) is 0 Å². The molecule has 1 saturated heterocycles. The number of amidine groups is 1. The van der Waals surface area contributed by atoms with Crippen molar-refractivity contribution < 1.29 is 9.59 Å². The Morgan fingerprint density at radius 1 is 1.15 bits per heavy atom. The number of amides is 2. The van der Waals surface area contributed by atoms with E-state index in [4.69, 9.17) is 0 Å². The summed E-state index contributed by atoms with van der Waals surface area (Å²) >= 11 is 1.28. The van der Waals surface area contributed by atoms with E-state index >= 15 is 0 Å². The molecule has 7 heteroatoms. The number of nitrogens with zero attached hydrogens (tertiary/aromatic N) is 2. The van der Waals surface area contributed by atoms with Crippen molar-refractivity contribution in [2.24, 2.45) is 10.2 Å². The Morgan fingerprint density at radius 2 is 1.85 bits per heavy atom. The van der Waals surface area contributed by atoms with Gasteiger partial charge >= 0.3 is 0 Å². The molecule has 1 aromatic carbocycles. The van der Waals surface area contributed by atoms with Gasteiger partial charge in [0.05, 0.1) is 0 Å². The number of rotatable bonds is 5. The van der Waals surface area contributed by atoms with Crippen LogP contribution < -0.4 is 10.6 Å². The van der Waals surface area contributed by atoms with Gasteiger partial charge in [0, 0.05) is 17.8 Å². The zero-order chi connectivity index (χ0) is 19.1. The smallest absolute Gasteiger partial charge is 0.240 e. The molecule has 6 nitrogen and oxygen atoms in total. The number of thioether (sulfide) groups is 1. The lowest BCUT2D eigenvalue weighted by Crippen LogP contribution is -2.28. The predicted molar refractivity (Wildman–Crippen MR) is 111 cm³/mol. The highest BCUT2D eigenvalue weighted by Gasteiger charge is 2.32. The van der Waals surface area contributed by atoms with Gasteiger partial charge in [0.2, 0.25) is 11.8 Å². The molecule has 1 saturated carbocycles. The molecule has 2 N–H and O–H groups in total. The Kier molecular flexibility index (Phi) is 7.04. The summed E-state index contributed by atoms with van der Waals surface area (Å²) in [5, 5.41) is 14.1. The van der Waals surface area contributed by atoms with E-state index in [9.17, 15) is 9.59 Å². The maximum Gasteiger partial charge on any atom is 0.240 e. The zero-order valence-corrected chi connectivity index (χ0v) is 16.5. The highest BCUT2D eigenvalue weighted by molar-refractivity contribution is 8.15. The van der Waals surface area contributed by atoms with Crippen LogP contribution in [0.3, 0.4) is 0 Å². The maximum atomic E-state index is 12.2. The van der Waals surface area contributed by atoms with Crippen molar-refractivity contribution in [1.29, 1.82) is 0 Å². The number of aryl methyl sites for hydroxylation is 1. The molecule has 2 aliphatic rings. The predicted octanol–water partition coefficient (Wildman–Crippen LogP) is 3.88. The third-order valence-electron chi connectivity index (χ3n) is 4.76. The molecule has 3 rings (SSSR count). The average molecular weight is 387 g/mol. The largest absolute Gasteiger partial charge is 0.326 e. The van der Waals surface area contributed by atoms with Crippen LogP contribution in [0.15, 0.2) is 34.5 Å². The van der Waals surface area contributed by atoms with Crippen LogP contribution in [0.5, 0.6) is 0 Å². The maximum absolute atomic E-state index is 12.2. The second kappa shape index (κ2) is 9.69. The number of hydrogen-bond donors (Lipinski definition) is 2. The highest BCUT2D eigenvalue weighted by Crippen LogP contribution is 2.24. The monoisotopic (exact) mass is 386 g/mol. The molecule has 1 aromatic rings. The van der Waals surface area contributed by atoms with E-state index in [1.165, 1.54) is 30.2 Å². The van der Waals surface area contributed by atoms with E-state index < -0.39 is 5.25 Å². The molecule has 1 aliphatic heterocycles. The Bertz CT molecular complexity index is 733. The normalized spacial score (nSPS) is 21.7. The average Bonchev–Trinajstić information content (AvgIpc) is 2.86. The molecule has 2 fully saturated rings. The highest BCUT2D eigenvalue weighted by atomic mass is 32.2. The SMILES string of the molecule is CCc1ccc(NC(=O)CC2S/C(=N/N=C3CCCCCC3)NC2=O)cc1. The summed E-state index contributed by atoms with van der Waals surface area (Å²) in [4.78, 5) is 24.4. The van der Waals surface area contributed by atoms with Gasteiger partial charge in [-0.2, -0.15) is 5.10 Å². The molecule has 0 radical (unpaired) electrons. The Balaban J connectivity index is 1.52. The molecular formula is C20H26N4O2S. The third-order valence-corrected chi connectivity index (χ3v) is 5.83. The first kappa shape index (κ1) is 19.6. The third kappa shape index (κ3) is 5.92. The summed E-state index contributed by atoms with van der Waals surface area (Å²) in [6.45, 7) is 2.09. The van der Waals surface area contributed by atoms with Crippen molar-refractivity contribution in [3.05, 3.63) is 29.8 Å². The summed E-state index contributed by atoms with van der Waals surface area (Å²) in [7, 11) is 0. The first-order valence-corrected chi connectivity index (χ1v) is 10.5. The van der Waals surface area contributed by atoms with Crippen molar-refractivity contribution in [2.75, 3.05) is 5.32 Å². The number of carbonyl (C=O) groups is 2. The van der Waals surface area contributed by atoms with Crippen LogP contribution in [0.2, 0.25) is 0 Å². The molecule has 0 bridgehead atoms. The summed E-state index contributed by atoms with van der Waals surface area (Å²) < 4.78 is 0. The second-order valence-electron chi connectivity index (χ2n) is 6.88. The lowest BCUT2D eigenvalue weighted by Gasteiger charge is -2.08. The number of anilines is 1. The topological polar surface area (TPSA) is 82.9 Å². The van der Waals surface area contributed by atoms with Crippen LogP contribution in [-0.4, -0.2) is 27.9 Å². The molecule has 1 unspecified atom stereocenters. The molecule has 1 atom stereocenters. The molecule has 2 amide bonds. The van der Waals surface area contributed by atoms with Crippen molar-refractivity contribution in [2.45, 2.75) is 63.5 Å². The van der Waals surface area contributed by atoms with E-state index in [0.717, 1.165) is 43.5 Å². The minimum Gasteiger partial charge on any atom is -0.326 e. The van der Waals surface area contributed by atoms with Crippen molar-refractivity contribution in [3.63, 3.8) is 0 Å². The number of carbonyl (C=O) groups excluding carboxylic acids is 2. The Labute approximate surface area is 164 Å². The molecule has 1 aliphatic carbocycles. The summed E-state index contributed by atoms with van der Waals surface area (Å²) in [5.41, 5.74) is 3.07. The minimum absolute atomic E-state index is 0.113. The molecule has 0 spiro atoms. The van der Waals surface area contributed by atoms with Gasteiger partial charge in [0.25, 0.3) is 0 Å². The fourth-order valence-corrected chi connectivity index (χ4v) is 4.06. The van der Waals surface area contributed by atoms with E-state index in [1.807, 2.05) is 24.3 Å². The fourth-order valence-electron chi connectivity index (χ4n) is 3.14. The molecular weight excluding hydrogens is 360 g/mol. The summed E-state index contributed by atoms with van der Waals surface area (Å²) in [6, 6.07) is 7.75. The van der Waals surface area contributed by atoms with Crippen LogP contribution in [-0.2, 0) is 16.0 Å². The fraction of sp³-hybridized carbons (Fsp3) is 0.500. The van der Waals surface area contributed by atoms with Gasteiger partial charge in [0.1, 0.15) is 5.25 Å². The van der Waals surface area contributed by atoms with Gasteiger partial charge in [-0.1, -0.05) is 43.7 Å². The quantitative estimate of drug-likeness (QED) is 0.595. The summed E-state index contributed by atoms with van der Waals surface area (Å²) in [6.07, 6.45) is 7.85. The van der Waals surface area contributed by atoms with Gasteiger partial charge < -0.3 is 10.6 Å². The number of hydrogen-bond acceptors (Lipinski definition) is 5. The lowest BCUT2D eigenvalue weighted by molar-refractivity contribution is -0.122. The van der Waals surface area contributed by atoms with Gasteiger partial charge in [0.15, 0.2) is 5.17 Å². The van der Waals surface area contributed by atoms with Crippen molar-refractivity contribution in [1.82, 2.24) is 5.32 Å². The minimum atomic E-state index is -0.465. The first-order valence-electron chi connectivity index (χ1n) is 9.63. The van der Waals surface area contributed by atoms with Gasteiger partial charge in [-0.15, -0.1) is 5.10 Å². The lowest BCUT2D eigenvalue weighted by atomic mass is 10.1. The van der Waals surface area contributed by atoms with Crippen LogP contribution in [0, 0.1) is 0 Å². The zero-order valence-electron chi connectivity index (χ0n) is 15.7. The van der Waals surface area contributed by atoms with Crippen LogP contribution in [0.1, 0.15) is 57.4 Å². The van der Waals surface area contributed by atoms with Gasteiger partial charge in [-0.3, -0.25) is 9.59 Å². The van der Waals surface area contributed by atoms with Crippen LogP contribution in [0.4, 0.5) is 5.69 Å². The second-order valence-corrected chi connectivity index (χ2v) is 8.08. The van der Waals surface area contributed by atoms with E-state index in [2.05, 4.69) is 27.8 Å². The van der Waals surface area contributed by atoms with E-state index in [-0.39, 0.29) is 18.2 Å². The van der Waals surface area contributed by atoms with E-state index in [0.29, 0.717) is 5.17 Å². The Morgan fingerprint density at radius 3 is 2.52 bits per heavy atom. The number of nitrogens with one attached hydrogen (secondary N) is 2. The molecule has 27 heavy (non-hydrogen) atoms. The van der Waals surface area contributed by atoms with Crippen molar-refractivity contribution in [3.8, 4) is 0 Å². The van der Waals surface area contributed by atoms with Crippen molar-refractivity contribution >= 4 is 40.1 Å². The van der Waals surface area contributed by atoms with E-state index in [1.54, 1.807) is 0 Å². The summed E-state index contributed by atoms with van der Waals surface area (Å²) in [5.74, 6) is -0.362. The van der Waals surface area contributed by atoms with Gasteiger partial charge in [-0.05, 0) is 49.8 Å².